The van der Waals surface area contributed by atoms with Gasteiger partial charge in [0.2, 0.25) is 12.7 Å². The number of benzene rings is 2. The lowest BCUT2D eigenvalue weighted by atomic mass is 9.92. The smallest absolute Gasteiger partial charge is 0.414 e. The molecule has 2 aromatic carbocycles. The molecule has 0 radical (unpaired) electrons. The van der Waals surface area contributed by atoms with Crippen molar-refractivity contribution in [3.63, 3.8) is 0 Å². The highest BCUT2D eigenvalue weighted by Gasteiger charge is 2.40. The van der Waals surface area contributed by atoms with E-state index in [4.69, 9.17) is 42.9 Å². The van der Waals surface area contributed by atoms with Crippen molar-refractivity contribution in [2.24, 2.45) is 0 Å². The summed E-state index contributed by atoms with van der Waals surface area (Å²) in [6.45, 7) is 2.61. The summed E-state index contributed by atoms with van der Waals surface area (Å²) in [7, 11) is 0. The maximum Gasteiger partial charge on any atom is 0.414 e. The number of fused-ring (bicyclic) bond motifs is 1. The van der Waals surface area contributed by atoms with Crippen molar-refractivity contribution in [2.75, 3.05) is 19.9 Å². The van der Waals surface area contributed by atoms with E-state index in [2.05, 4.69) is 21.0 Å². The molecule has 0 atom stereocenters. The highest BCUT2D eigenvalue weighted by Crippen LogP contribution is 2.33. The minimum Gasteiger partial charge on any atom is -0.454 e. The van der Waals surface area contributed by atoms with Gasteiger partial charge in [-0.05, 0) is 47.6 Å². The predicted octanol–water partition coefficient (Wildman–Crippen LogP) is 3.58. The average Bonchev–Trinajstić information content (AvgIpc) is 3.49. The summed E-state index contributed by atoms with van der Waals surface area (Å²) >= 11 is 11.5. The number of rotatable bonds is 5. The number of thiocarbonyl (C=S) groups is 1. The van der Waals surface area contributed by atoms with Gasteiger partial charge < -0.3 is 29.7 Å². The van der Waals surface area contributed by atoms with E-state index in [1.54, 1.807) is 12.1 Å². The molecule has 0 aliphatic carbocycles. The largest absolute Gasteiger partial charge is 0.454 e. The monoisotopic (exact) mass is 516 g/mol. The highest BCUT2D eigenvalue weighted by molar-refractivity contribution is 7.80. The highest BCUT2D eigenvalue weighted by atomic mass is 35.5. The van der Waals surface area contributed by atoms with Gasteiger partial charge >= 0.3 is 6.09 Å². The van der Waals surface area contributed by atoms with Crippen molar-refractivity contribution in [1.82, 2.24) is 21.0 Å². The van der Waals surface area contributed by atoms with Gasteiger partial charge in [0.15, 0.2) is 16.6 Å². The number of alkyl carbamates (subject to hydrolysis) is 1. The molecule has 0 bridgehead atoms. The number of piperidine rings is 1. The fourth-order valence-electron chi connectivity index (χ4n) is 4.09. The fraction of sp³-hybridized carbons (Fsp3) is 0.333. The van der Waals surface area contributed by atoms with Gasteiger partial charge in [-0.25, -0.2) is 10.3 Å². The molecule has 5 rings (SSSR count). The molecule has 3 N–H and O–H groups in total. The molecule has 35 heavy (non-hydrogen) atoms. The van der Waals surface area contributed by atoms with Gasteiger partial charge in [-0.15, -0.1) is 0 Å². The third-order valence-electron chi connectivity index (χ3n) is 6.08. The van der Waals surface area contributed by atoms with Crippen LogP contribution in [0.2, 0.25) is 5.02 Å². The maximum absolute atomic E-state index is 12.2. The van der Waals surface area contributed by atoms with Crippen molar-refractivity contribution in [1.29, 1.82) is 0 Å². The molecule has 0 aromatic heterocycles. The zero-order chi connectivity index (χ0) is 24.3. The van der Waals surface area contributed by atoms with E-state index in [9.17, 15) is 4.79 Å². The van der Waals surface area contributed by atoms with E-state index >= 15 is 0 Å². The van der Waals surface area contributed by atoms with Crippen LogP contribution in [0.4, 0.5) is 4.79 Å². The van der Waals surface area contributed by atoms with Gasteiger partial charge in [0, 0.05) is 50.1 Å². The summed E-state index contributed by atoms with van der Waals surface area (Å²) < 4.78 is 16.1. The zero-order valence-corrected chi connectivity index (χ0v) is 20.4. The molecule has 3 aliphatic heterocycles. The quantitative estimate of drug-likeness (QED) is 0.515. The van der Waals surface area contributed by atoms with Crippen LogP contribution in [0.1, 0.15) is 24.0 Å². The van der Waals surface area contributed by atoms with Crippen LogP contribution in [0.3, 0.4) is 0 Å². The number of hydrogen-bond acceptors (Lipinski definition) is 7. The first-order chi connectivity index (χ1) is 17.0. The van der Waals surface area contributed by atoms with E-state index in [0.29, 0.717) is 49.2 Å². The zero-order valence-electron chi connectivity index (χ0n) is 18.8. The van der Waals surface area contributed by atoms with Crippen LogP contribution in [-0.4, -0.2) is 41.6 Å². The number of nitrogens with one attached hydrogen (secondary N) is 3. The van der Waals surface area contributed by atoms with Crippen LogP contribution in [0.25, 0.3) is 0 Å². The third kappa shape index (κ3) is 5.72. The number of ether oxygens (including phenoxy) is 3. The minimum absolute atomic E-state index is 0.256. The molecule has 184 valence electrons. The summed E-state index contributed by atoms with van der Waals surface area (Å²) in [4.78, 5) is 20.1. The molecule has 3 aliphatic rings. The van der Waals surface area contributed by atoms with Crippen LogP contribution in [0.15, 0.2) is 54.4 Å². The maximum atomic E-state index is 12.2. The van der Waals surface area contributed by atoms with Crippen molar-refractivity contribution in [3.8, 4) is 11.5 Å². The normalized spacial score (nSPS) is 17.5. The van der Waals surface area contributed by atoms with Gasteiger partial charge in [0.05, 0.1) is 0 Å². The summed E-state index contributed by atoms with van der Waals surface area (Å²) in [5, 5.41) is 7.35. The first kappa shape index (κ1) is 23.5. The Hall–Kier alpha value is -3.21. The summed E-state index contributed by atoms with van der Waals surface area (Å²) in [6.07, 6.45) is 2.66. The van der Waals surface area contributed by atoms with E-state index in [1.807, 2.05) is 36.4 Å². The first-order valence-electron chi connectivity index (χ1n) is 11.3. The van der Waals surface area contributed by atoms with Gasteiger partial charge in [-0.3, -0.25) is 4.84 Å². The standard InChI is InChI=1S/C24H25ClN4O5S/c25-18-4-1-16(2-5-18)13-27-23(30)33-21-12-24(34-28-21)7-9-29(10-8-24)22(35)26-14-17-3-6-19-20(11-17)32-15-31-19/h1-6,11-12,28H,7-10,13-15H2,(H,26,35)(H,27,30). The number of halogens is 1. The Balaban J connectivity index is 1.06. The molecule has 1 fully saturated rings. The van der Waals surface area contributed by atoms with E-state index in [1.165, 1.54) is 0 Å². The second-order valence-electron chi connectivity index (χ2n) is 8.48. The Morgan fingerprint density at radius 3 is 2.57 bits per heavy atom. The topological polar surface area (TPSA) is 93.3 Å². The Morgan fingerprint density at radius 1 is 1.06 bits per heavy atom. The number of likely N-dealkylation sites (tertiary alicyclic amines) is 1. The summed E-state index contributed by atoms with van der Waals surface area (Å²) in [5.41, 5.74) is 4.19. The molecule has 11 heteroatoms. The van der Waals surface area contributed by atoms with Gasteiger partial charge in [0.25, 0.3) is 0 Å². The lowest BCUT2D eigenvalue weighted by Crippen LogP contribution is -2.49. The molecule has 1 saturated heterocycles. The number of hydrogen-bond donors (Lipinski definition) is 3. The molecule has 3 heterocycles. The first-order valence-corrected chi connectivity index (χ1v) is 12.0. The molecular formula is C24H25ClN4O5S. The van der Waals surface area contributed by atoms with Gasteiger partial charge in [0.1, 0.15) is 5.60 Å². The lowest BCUT2D eigenvalue weighted by molar-refractivity contribution is -0.0742. The second kappa shape index (κ2) is 10.2. The lowest BCUT2D eigenvalue weighted by Gasteiger charge is -2.37. The van der Waals surface area contributed by atoms with Gasteiger partial charge in [-0.2, -0.15) is 0 Å². The Kier molecular flexibility index (Phi) is 6.85. The number of nitrogens with zero attached hydrogens (tertiary/aromatic N) is 1. The molecular weight excluding hydrogens is 492 g/mol. The van der Waals surface area contributed by atoms with Gasteiger partial charge in [-0.1, -0.05) is 29.8 Å². The second-order valence-corrected chi connectivity index (χ2v) is 9.30. The molecule has 0 unspecified atom stereocenters. The Labute approximate surface area is 213 Å². The van der Waals surface area contributed by atoms with E-state index < -0.39 is 11.7 Å². The van der Waals surface area contributed by atoms with E-state index in [-0.39, 0.29) is 12.7 Å². The molecule has 2 aromatic rings. The van der Waals surface area contributed by atoms with Crippen LogP contribution in [0.5, 0.6) is 11.5 Å². The van der Waals surface area contributed by atoms with Crippen LogP contribution in [-0.2, 0) is 22.7 Å². The van der Waals surface area contributed by atoms with Crippen molar-refractivity contribution in [2.45, 2.75) is 31.5 Å². The number of carbonyl (C=O) groups is 1. The number of hydroxylamine groups is 1. The Bertz CT molecular complexity index is 1140. The fourth-order valence-corrected chi connectivity index (χ4v) is 4.47. The van der Waals surface area contributed by atoms with Crippen molar-refractivity contribution >= 4 is 35.0 Å². The SMILES string of the molecule is O=C(NCc1ccc(Cl)cc1)OC1=CC2(CCN(C(=S)NCc3ccc4c(c3)OCO4)CC2)ON1. The van der Waals surface area contributed by atoms with Crippen LogP contribution >= 0.6 is 23.8 Å². The predicted molar refractivity (Wildman–Crippen MR) is 133 cm³/mol. The number of amides is 1. The van der Waals surface area contributed by atoms with Crippen molar-refractivity contribution < 1.29 is 23.8 Å². The number of carbonyl (C=O) groups excluding carboxylic acids is 1. The van der Waals surface area contributed by atoms with Crippen LogP contribution in [0, 0.1) is 0 Å². The average molecular weight is 517 g/mol. The van der Waals surface area contributed by atoms with Crippen LogP contribution < -0.4 is 25.6 Å². The van der Waals surface area contributed by atoms with E-state index in [0.717, 1.165) is 22.6 Å². The summed E-state index contributed by atoms with van der Waals surface area (Å²) in [5.74, 6) is 1.80. The van der Waals surface area contributed by atoms with Crippen molar-refractivity contribution in [3.05, 3.63) is 70.6 Å². The molecule has 1 spiro atoms. The third-order valence-corrected chi connectivity index (χ3v) is 6.73. The molecule has 1 amide bonds. The molecule has 9 nitrogen and oxygen atoms in total. The summed E-state index contributed by atoms with van der Waals surface area (Å²) in [6, 6.07) is 13.1. The molecule has 0 saturated carbocycles. The Morgan fingerprint density at radius 2 is 1.77 bits per heavy atom. The minimum atomic E-state index is -0.564.